The number of fused-ring (bicyclic) bond motifs is 1. The van der Waals surface area contributed by atoms with Crippen molar-refractivity contribution in [2.75, 3.05) is 17.3 Å². The Kier molecular flexibility index (Phi) is 5.68. The van der Waals surface area contributed by atoms with Gasteiger partial charge in [0.25, 0.3) is 5.91 Å². The van der Waals surface area contributed by atoms with Crippen LogP contribution in [-0.4, -0.2) is 32.9 Å². The van der Waals surface area contributed by atoms with E-state index in [1.54, 1.807) is 36.2 Å². The van der Waals surface area contributed by atoms with E-state index in [2.05, 4.69) is 15.3 Å². The van der Waals surface area contributed by atoms with Gasteiger partial charge in [-0.15, -0.1) is 4.73 Å². The van der Waals surface area contributed by atoms with Crippen molar-refractivity contribution in [3.63, 3.8) is 0 Å². The van der Waals surface area contributed by atoms with Crippen LogP contribution in [0.5, 0.6) is 0 Å². The van der Waals surface area contributed by atoms with Gasteiger partial charge in [0.15, 0.2) is 5.65 Å². The first-order valence-corrected chi connectivity index (χ1v) is 10.9. The SMILES string of the molecule is CN(c1ccc(-c2ccc(C(=O)Nc3ccccc3)cc2)cc1)c1nc(=O)n(O)c2ncccc12. The van der Waals surface area contributed by atoms with Crippen molar-refractivity contribution in [3.05, 3.63) is 113 Å². The Labute approximate surface area is 200 Å². The summed E-state index contributed by atoms with van der Waals surface area (Å²) in [6.07, 6.45) is 1.50. The average molecular weight is 463 g/mol. The molecule has 3 aromatic carbocycles. The van der Waals surface area contributed by atoms with Crippen molar-refractivity contribution in [2.24, 2.45) is 0 Å². The predicted molar refractivity (Wildman–Crippen MR) is 135 cm³/mol. The number of hydrogen-bond acceptors (Lipinski definition) is 6. The number of nitrogens with zero attached hydrogens (tertiary/aromatic N) is 4. The monoisotopic (exact) mass is 463 g/mol. The predicted octanol–water partition coefficient (Wildman–Crippen LogP) is 4.72. The number of hydrogen-bond donors (Lipinski definition) is 2. The van der Waals surface area contributed by atoms with Crippen LogP contribution in [0.2, 0.25) is 0 Å². The Morgan fingerprint density at radius 3 is 2.23 bits per heavy atom. The van der Waals surface area contributed by atoms with Crippen molar-refractivity contribution in [3.8, 4) is 11.1 Å². The minimum Gasteiger partial charge on any atom is -0.422 e. The quantitative estimate of drug-likeness (QED) is 0.366. The summed E-state index contributed by atoms with van der Waals surface area (Å²) in [6, 6.07) is 27.9. The number of nitrogens with one attached hydrogen (secondary N) is 1. The molecule has 8 nitrogen and oxygen atoms in total. The third-order valence-electron chi connectivity index (χ3n) is 5.70. The van der Waals surface area contributed by atoms with E-state index in [0.29, 0.717) is 21.5 Å². The van der Waals surface area contributed by atoms with Gasteiger partial charge < -0.3 is 15.4 Å². The van der Waals surface area contributed by atoms with E-state index in [-0.39, 0.29) is 11.6 Å². The lowest BCUT2D eigenvalue weighted by molar-refractivity contribution is 0.102. The van der Waals surface area contributed by atoms with Gasteiger partial charge in [0, 0.05) is 30.2 Å². The lowest BCUT2D eigenvalue weighted by atomic mass is 10.0. The van der Waals surface area contributed by atoms with Gasteiger partial charge >= 0.3 is 5.69 Å². The average Bonchev–Trinajstić information content (AvgIpc) is 2.91. The van der Waals surface area contributed by atoms with E-state index in [9.17, 15) is 14.8 Å². The molecule has 0 radical (unpaired) electrons. The fourth-order valence-electron chi connectivity index (χ4n) is 3.82. The number of aromatic nitrogens is 3. The smallest absolute Gasteiger partial charge is 0.384 e. The van der Waals surface area contributed by atoms with Gasteiger partial charge in [-0.3, -0.25) is 4.79 Å². The molecule has 2 aromatic heterocycles. The molecule has 0 fully saturated rings. The van der Waals surface area contributed by atoms with E-state index in [1.807, 2.05) is 66.7 Å². The molecule has 0 aliphatic rings. The second kappa shape index (κ2) is 9.11. The molecule has 2 heterocycles. The Hall–Kier alpha value is -4.98. The van der Waals surface area contributed by atoms with E-state index >= 15 is 0 Å². The molecule has 0 aliphatic heterocycles. The van der Waals surface area contributed by atoms with Gasteiger partial charge in [-0.2, -0.15) is 4.98 Å². The highest BCUT2D eigenvalue weighted by Crippen LogP contribution is 2.29. The number of pyridine rings is 1. The van der Waals surface area contributed by atoms with E-state index < -0.39 is 5.69 Å². The Balaban J connectivity index is 1.37. The number of rotatable bonds is 5. The molecule has 0 saturated heterocycles. The van der Waals surface area contributed by atoms with Gasteiger partial charge in [-0.05, 0) is 59.7 Å². The van der Waals surface area contributed by atoms with E-state index in [1.165, 1.54) is 6.20 Å². The molecule has 0 saturated carbocycles. The lowest BCUT2D eigenvalue weighted by Crippen LogP contribution is -2.25. The summed E-state index contributed by atoms with van der Waals surface area (Å²) >= 11 is 0. The second-order valence-corrected chi connectivity index (χ2v) is 7.91. The van der Waals surface area contributed by atoms with Crippen LogP contribution in [0.15, 0.2) is 102 Å². The summed E-state index contributed by atoms with van der Waals surface area (Å²) in [5, 5.41) is 13.4. The molecular weight excluding hydrogens is 442 g/mol. The molecule has 35 heavy (non-hydrogen) atoms. The lowest BCUT2D eigenvalue weighted by Gasteiger charge is -2.20. The number of benzene rings is 3. The molecule has 0 spiro atoms. The molecule has 0 unspecified atom stereocenters. The summed E-state index contributed by atoms with van der Waals surface area (Å²) in [6.45, 7) is 0. The molecule has 1 amide bonds. The maximum absolute atomic E-state index is 12.5. The van der Waals surface area contributed by atoms with Crippen LogP contribution in [0, 0.1) is 0 Å². The zero-order valence-corrected chi connectivity index (χ0v) is 18.8. The van der Waals surface area contributed by atoms with Crippen LogP contribution in [0.25, 0.3) is 22.2 Å². The van der Waals surface area contributed by atoms with Crippen molar-refractivity contribution in [1.29, 1.82) is 0 Å². The number of para-hydroxylation sites is 1. The molecule has 0 atom stereocenters. The maximum Gasteiger partial charge on any atom is 0.384 e. The number of anilines is 3. The first-order valence-electron chi connectivity index (χ1n) is 10.9. The summed E-state index contributed by atoms with van der Waals surface area (Å²) in [4.78, 5) is 34.5. The van der Waals surface area contributed by atoms with Crippen LogP contribution in [0.3, 0.4) is 0 Å². The van der Waals surface area contributed by atoms with Crippen LogP contribution in [0.1, 0.15) is 10.4 Å². The Morgan fingerprint density at radius 2 is 1.54 bits per heavy atom. The minimum absolute atomic E-state index is 0.141. The molecule has 5 aromatic rings. The first kappa shape index (κ1) is 21.8. The molecule has 0 bridgehead atoms. The van der Waals surface area contributed by atoms with Gasteiger partial charge in [0.1, 0.15) is 5.82 Å². The third kappa shape index (κ3) is 4.32. The summed E-state index contributed by atoms with van der Waals surface area (Å²) in [7, 11) is 1.80. The number of amides is 1. The van der Waals surface area contributed by atoms with E-state index in [4.69, 9.17) is 0 Å². The van der Waals surface area contributed by atoms with Gasteiger partial charge in [-0.1, -0.05) is 42.5 Å². The molecule has 0 aliphatic carbocycles. The molecule has 8 heteroatoms. The molecular formula is C27H21N5O3. The van der Waals surface area contributed by atoms with Crippen molar-refractivity contribution in [1.82, 2.24) is 14.7 Å². The third-order valence-corrected chi connectivity index (χ3v) is 5.70. The number of carbonyl (C=O) groups is 1. The Bertz CT molecular complexity index is 1560. The van der Waals surface area contributed by atoms with Crippen LogP contribution in [-0.2, 0) is 0 Å². The zero-order chi connectivity index (χ0) is 24.4. The minimum atomic E-state index is -0.800. The summed E-state index contributed by atoms with van der Waals surface area (Å²) in [5.41, 5.74) is 3.40. The first-order chi connectivity index (χ1) is 17.0. The van der Waals surface area contributed by atoms with Crippen molar-refractivity contribution >= 4 is 34.1 Å². The highest BCUT2D eigenvalue weighted by molar-refractivity contribution is 6.04. The van der Waals surface area contributed by atoms with Crippen LogP contribution in [0.4, 0.5) is 17.2 Å². The van der Waals surface area contributed by atoms with Gasteiger partial charge in [-0.25, -0.2) is 9.78 Å². The van der Waals surface area contributed by atoms with Crippen LogP contribution < -0.4 is 15.9 Å². The second-order valence-electron chi connectivity index (χ2n) is 7.91. The molecule has 172 valence electrons. The fraction of sp³-hybridized carbons (Fsp3) is 0.0370. The highest BCUT2D eigenvalue weighted by Gasteiger charge is 2.15. The normalized spacial score (nSPS) is 10.8. The van der Waals surface area contributed by atoms with Gasteiger partial charge in [0.2, 0.25) is 0 Å². The molecule has 2 N–H and O–H groups in total. The van der Waals surface area contributed by atoms with Crippen molar-refractivity contribution in [2.45, 2.75) is 0 Å². The topological polar surface area (TPSA) is 100 Å². The maximum atomic E-state index is 12.5. The van der Waals surface area contributed by atoms with Crippen LogP contribution >= 0.6 is 0 Å². The standard InChI is InChI=1S/C27H21N5O3/c1-31(25-23-8-5-17-28-24(23)32(35)27(34)30-25)22-15-13-19(14-16-22)18-9-11-20(12-10-18)26(33)29-21-6-3-2-4-7-21/h2-17,35H,1H3,(H,29,33). The largest absolute Gasteiger partial charge is 0.422 e. The molecule has 5 rings (SSSR count). The Morgan fingerprint density at radius 1 is 0.886 bits per heavy atom. The number of carbonyl (C=O) groups excluding carboxylic acids is 1. The fourth-order valence-corrected chi connectivity index (χ4v) is 3.82. The highest BCUT2D eigenvalue weighted by atomic mass is 16.5. The summed E-state index contributed by atoms with van der Waals surface area (Å²) in [5.74, 6) is 0.226. The zero-order valence-electron chi connectivity index (χ0n) is 18.8. The van der Waals surface area contributed by atoms with Crippen molar-refractivity contribution < 1.29 is 10.0 Å². The summed E-state index contributed by atoms with van der Waals surface area (Å²) < 4.78 is 0.444. The van der Waals surface area contributed by atoms with E-state index in [0.717, 1.165) is 22.5 Å². The van der Waals surface area contributed by atoms with Gasteiger partial charge in [0.05, 0.1) is 5.39 Å².